The number of alkyl halides is 1. The topological polar surface area (TPSA) is 64.6 Å². The van der Waals surface area contributed by atoms with Crippen molar-refractivity contribution in [1.82, 2.24) is 20.9 Å². The smallest absolute Gasteiger partial charge is 0.166 e. The number of thiocarbonyl (C=S) groups is 1. The molecule has 1 heterocycles. The van der Waals surface area contributed by atoms with Crippen LogP contribution in [0.2, 0.25) is 0 Å². The van der Waals surface area contributed by atoms with Crippen LogP contribution in [0.1, 0.15) is 53.4 Å². The van der Waals surface area contributed by atoms with Crippen LogP contribution >= 0.6 is 51.3 Å². The number of rotatable bonds is 11. The summed E-state index contributed by atoms with van der Waals surface area (Å²) in [4.78, 5) is 10.6. The summed E-state index contributed by atoms with van der Waals surface area (Å²) < 4.78 is 1.01. The maximum Gasteiger partial charge on any atom is 0.166 e. The van der Waals surface area contributed by atoms with Crippen LogP contribution in [-0.2, 0) is 0 Å². The van der Waals surface area contributed by atoms with Gasteiger partial charge in [-0.25, -0.2) is 4.98 Å². The van der Waals surface area contributed by atoms with Crippen molar-refractivity contribution in [2.24, 2.45) is 4.99 Å². The van der Waals surface area contributed by atoms with E-state index < -0.39 is 0 Å². The van der Waals surface area contributed by atoms with Crippen molar-refractivity contribution in [2.45, 2.75) is 53.4 Å². The molecule has 0 bridgehead atoms. The Morgan fingerprint density at radius 3 is 2.27 bits per heavy atom. The molecule has 0 amide bonds. The zero-order chi connectivity index (χ0) is 31.0. The molecule has 0 aliphatic heterocycles. The first kappa shape index (κ1) is 42.4. The van der Waals surface area contributed by atoms with Gasteiger partial charge in [0.25, 0.3) is 0 Å². The third kappa shape index (κ3) is 26.2. The highest BCUT2D eigenvalue weighted by Gasteiger charge is 2.08. The minimum absolute atomic E-state index is 0.745. The van der Waals surface area contributed by atoms with Crippen molar-refractivity contribution in [3.8, 4) is 12.8 Å². The Kier molecular flexibility index (Phi) is 35.2. The van der Waals surface area contributed by atoms with E-state index in [9.17, 15) is 0 Å². The molecular formula is C30H49BrCl2N6S. The van der Waals surface area contributed by atoms with Gasteiger partial charge < -0.3 is 20.9 Å². The molecule has 10 heteroatoms. The molecule has 0 fully saturated rings. The number of pyridine rings is 1. The molecular weight excluding hydrogens is 627 g/mol. The molecule has 3 N–H and O–H groups in total. The molecule has 0 saturated carbocycles. The number of nitrogens with zero attached hydrogens (tertiary/aromatic N) is 3. The molecule has 0 saturated heterocycles. The van der Waals surface area contributed by atoms with Crippen LogP contribution in [0.3, 0.4) is 0 Å². The van der Waals surface area contributed by atoms with Gasteiger partial charge in [-0.2, -0.15) is 0 Å². The van der Waals surface area contributed by atoms with Gasteiger partial charge in [-0.1, -0.05) is 43.7 Å². The predicted octanol–water partition coefficient (Wildman–Crippen LogP) is 7.70. The zero-order valence-corrected chi connectivity index (χ0v) is 28.9. The second kappa shape index (κ2) is 33.2. The summed E-state index contributed by atoms with van der Waals surface area (Å²) in [5.41, 5.74) is 1.27. The lowest BCUT2D eigenvalue weighted by Gasteiger charge is -2.23. The minimum atomic E-state index is 0.745. The van der Waals surface area contributed by atoms with Crippen LogP contribution in [0, 0.1) is 12.8 Å². The second-order valence-electron chi connectivity index (χ2n) is 7.75. The van der Waals surface area contributed by atoms with E-state index in [1.54, 1.807) is 13.4 Å². The first-order chi connectivity index (χ1) is 19.4. The van der Waals surface area contributed by atoms with Gasteiger partial charge in [0.05, 0.1) is 6.34 Å². The molecule has 0 spiro atoms. The Balaban J connectivity index is -0.000000596. The maximum atomic E-state index is 6.14. The Labute approximate surface area is 268 Å². The van der Waals surface area contributed by atoms with E-state index in [0.717, 1.165) is 78.8 Å². The van der Waals surface area contributed by atoms with Crippen LogP contribution in [0.5, 0.6) is 0 Å². The summed E-state index contributed by atoms with van der Waals surface area (Å²) >= 11 is 19.0. The fourth-order valence-electron chi connectivity index (χ4n) is 2.95. The van der Waals surface area contributed by atoms with Crippen LogP contribution in [0.15, 0.2) is 62.7 Å². The lowest BCUT2D eigenvalue weighted by atomic mass is 10.1. The molecule has 0 atom stereocenters. The SMILES string of the molecule is C#C.CCCN(CCC1=CC(Cl)=CCC=C1)c1ccc(Br)cn1.CCCNC=NC.CCNC(=S)NCC.CCl. The summed E-state index contributed by atoms with van der Waals surface area (Å²) in [6.07, 6.45) is 25.6. The monoisotopic (exact) mass is 674 g/mol. The first-order valence-electron chi connectivity index (χ1n) is 13.4. The summed E-state index contributed by atoms with van der Waals surface area (Å²) in [6.45, 7) is 13.1. The molecule has 1 aromatic rings. The standard InChI is InChI=1S/C17H20BrClN2.C5H12N2S.C5H12N2.C2H2.CH3Cl/c1-2-10-21(17-8-7-15(18)13-20-17)11-9-14-5-3-4-6-16(19)12-14;1-3-6-5(8)7-4-2;1-3-4-7-5-6-2;2*1-2/h3,5-8,12-13H,2,4,9-11H2,1H3;3-4H2,1-2H3,(H2,6,7,8);5H,3-4H2,1-2H3,(H,6,7);1-2H;1H3. The largest absolute Gasteiger partial charge is 0.376 e. The molecule has 1 aliphatic carbocycles. The van der Waals surface area contributed by atoms with E-state index in [0.29, 0.717) is 0 Å². The quantitative estimate of drug-likeness (QED) is 0.0558. The molecule has 0 radical (unpaired) electrons. The number of aliphatic imine (C=N–C) groups is 1. The molecule has 1 aliphatic rings. The number of terminal acetylenes is 1. The number of anilines is 1. The summed E-state index contributed by atoms with van der Waals surface area (Å²) in [6, 6.07) is 4.10. The Bertz CT molecular complexity index is 863. The van der Waals surface area contributed by atoms with Crippen molar-refractivity contribution >= 4 is 68.6 Å². The van der Waals surface area contributed by atoms with Crippen molar-refractivity contribution in [2.75, 3.05) is 51.1 Å². The third-order valence-corrected chi connectivity index (χ3v) is 5.61. The van der Waals surface area contributed by atoms with Crippen LogP contribution in [-0.4, -0.2) is 62.6 Å². The van der Waals surface area contributed by atoms with E-state index in [4.69, 9.17) is 23.8 Å². The van der Waals surface area contributed by atoms with Gasteiger partial charge in [0.2, 0.25) is 0 Å². The number of aromatic nitrogens is 1. The van der Waals surface area contributed by atoms with Gasteiger partial charge in [-0.3, -0.25) is 4.99 Å². The van der Waals surface area contributed by atoms with Gasteiger partial charge in [0, 0.05) is 61.9 Å². The molecule has 6 nitrogen and oxygen atoms in total. The lowest BCUT2D eigenvalue weighted by molar-refractivity contribution is 0.746. The highest BCUT2D eigenvalue weighted by molar-refractivity contribution is 9.10. The average Bonchev–Trinajstić information content (AvgIpc) is 3.18. The van der Waals surface area contributed by atoms with Crippen LogP contribution in [0.4, 0.5) is 5.82 Å². The maximum absolute atomic E-state index is 6.14. The number of hydrogen-bond acceptors (Lipinski definition) is 4. The Morgan fingerprint density at radius 1 is 1.12 bits per heavy atom. The average molecular weight is 677 g/mol. The number of allylic oxidation sites excluding steroid dienone is 5. The molecule has 0 aromatic carbocycles. The second-order valence-corrected chi connectivity index (χ2v) is 9.51. The van der Waals surface area contributed by atoms with Gasteiger partial charge in [-0.15, -0.1) is 24.4 Å². The van der Waals surface area contributed by atoms with E-state index >= 15 is 0 Å². The Morgan fingerprint density at radius 2 is 1.77 bits per heavy atom. The molecule has 226 valence electrons. The number of hydrogen-bond donors (Lipinski definition) is 3. The van der Waals surface area contributed by atoms with E-state index in [1.165, 1.54) is 12.0 Å². The minimum Gasteiger partial charge on any atom is -0.376 e. The van der Waals surface area contributed by atoms with E-state index in [-0.39, 0.29) is 0 Å². The molecule has 2 rings (SSSR count). The molecule has 40 heavy (non-hydrogen) atoms. The fourth-order valence-corrected chi connectivity index (χ4v) is 3.71. The van der Waals surface area contributed by atoms with Gasteiger partial charge >= 0.3 is 0 Å². The van der Waals surface area contributed by atoms with Gasteiger partial charge in [0.1, 0.15) is 5.82 Å². The lowest BCUT2D eigenvalue weighted by Crippen LogP contribution is -2.34. The normalized spacial score (nSPS) is 11.2. The summed E-state index contributed by atoms with van der Waals surface area (Å²) in [5, 5.41) is 10.5. The predicted molar refractivity (Wildman–Crippen MR) is 189 cm³/mol. The summed E-state index contributed by atoms with van der Waals surface area (Å²) in [7, 11) is 1.75. The van der Waals surface area contributed by atoms with E-state index in [1.807, 2.05) is 32.2 Å². The highest BCUT2D eigenvalue weighted by Crippen LogP contribution is 2.20. The molecule has 0 unspecified atom stereocenters. The van der Waals surface area contributed by atoms with Crippen molar-refractivity contribution in [3.63, 3.8) is 0 Å². The molecule has 1 aromatic heterocycles. The number of nitrogens with one attached hydrogen (secondary N) is 3. The summed E-state index contributed by atoms with van der Waals surface area (Å²) in [5.74, 6) is 1.03. The van der Waals surface area contributed by atoms with Crippen molar-refractivity contribution in [1.29, 1.82) is 0 Å². The highest BCUT2D eigenvalue weighted by atomic mass is 79.9. The van der Waals surface area contributed by atoms with Crippen molar-refractivity contribution in [3.05, 3.63) is 57.7 Å². The van der Waals surface area contributed by atoms with Gasteiger partial charge in [-0.05, 0) is 91.5 Å². The zero-order valence-electron chi connectivity index (χ0n) is 25.0. The first-order valence-corrected chi connectivity index (χ1v) is 15.7. The van der Waals surface area contributed by atoms with E-state index in [2.05, 4.69) is 109 Å². The van der Waals surface area contributed by atoms with Crippen molar-refractivity contribution < 1.29 is 0 Å². The number of halogens is 3. The Hall–Kier alpha value is -2.05. The van der Waals surface area contributed by atoms with Crippen LogP contribution in [0.25, 0.3) is 0 Å². The van der Waals surface area contributed by atoms with Gasteiger partial charge in [0.15, 0.2) is 5.11 Å². The fraction of sp³-hybridized carbons (Fsp3) is 0.500. The third-order valence-electron chi connectivity index (χ3n) is 4.59. The van der Waals surface area contributed by atoms with Crippen LogP contribution < -0.4 is 20.9 Å².